The van der Waals surface area contributed by atoms with Crippen molar-refractivity contribution in [2.45, 2.75) is 26.3 Å². The number of imidazole rings is 1. The zero-order valence-electron chi connectivity index (χ0n) is 13.6. The third-order valence-electron chi connectivity index (χ3n) is 4.37. The Labute approximate surface area is 137 Å². The van der Waals surface area contributed by atoms with Gasteiger partial charge in [0.25, 0.3) is 0 Å². The van der Waals surface area contributed by atoms with Gasteiger partial charge in [0.15, 0.2) is 0 Å². The second kappa shape index (κ2) is 7.42. The average molecular weight is 312 g/mol. The van der Waals surface area contributed by atoms with Crippen LogP contribution in [0.25, 0.3) is 5.69 Å². The molecule has 1 aromatic heterocycles. The third-order valence-corrected chi connectivity index (χ3v) is 4.37. The van der Waals surface area contributed by atoms with Crippen LogP contribution in [-0.2, 0) is 11.3 Å². The molecule has 1 saturated heterocycles. The van der Waals surface area contributed by atoms with Crippen molar-refractivity contribution in [1.82, 2.24) is 19.8 Å². The second-order valence-electron chi connectivity index (χ2n) is 6.11. The number of nitrogens with one attached hydrogen (secondary N) is 1. The Hall–Kier alpha value is -2.14. The van der Waals surface area contributed by atoms with Crippen LogP contribution in [0.3, 0.4) is 0 Å². The molecule has 0 saturated carbocycles. The topological polar surface area (TPSA) is 50.2 Å². The maximum Gasteiger partial charge on any atom is 0.224 e. The quantitative estimate of drug-likeness (QED) is 0.921. The van der Waals surface area contributed by atoms with Crippen LogP contribution in [-0.4, -0.2) is 40.0 Å². The lowest BCUT2D eigenvalue weighted by atomic mass is 9.96. The molecular weight excluding hydrogens is 288 g/mol. The molecule has 5 nitrogen and oxygen atoms in total. The van der Waals surface area contributed by atoms with Crippen LogP contribution in [0.4, 0.5) is 0 Å². The first-order valence-electron chi connectivity index (χ1n) is 8.33. The minimum atomic E-state index is 0.133. The highest BCUT2D eigenvalue weighted by Crippen LogP contribution is 2.19. The maximum atomic E-state index is 12.0. The average Bonchev–Trinajstić information content (AvgIpc) is 3.11. The largest absolute Gasteiger partial charge is 0.356 e. The molecule has 1 fully saturated rings. The van der Waals surface area contributed by atoms with Crippen LogP contribution >= 0.6 is 0 Å². The first kappa shape index (κ1) is 15.7. The summed E-state index contributed by atoms with van der Waals surface area (Å²) in [5.41, 5.74) is 2.40. The summed E-state index contributed by atoms with van der Waals surface area (Å²) >= 11 is 0. The Morgan fingerprint density at radius 1 is 1.35 bits per heavy atom. The lowest BCUT2D eigenvalue weighted by Crippen LogP contribution is -2.42. The summed E-state index contributed by atoms with van der Waals surface area (Å²) in [5.74, 6) is 0.335. The number of nitrogens with zero attached hydrogens (tertiary/aromatic N) is 3. The van der Waals surface area contributed by atoms with Gasteiger partial charge >= 0.3 is 0 Å². The second-order valence-corrected chi connectivity index (χ2v) is 6.11. The van der Waals surface area contributed by atoms with Gasteiger partial charge in [-0.3, -0.25) is 9.69 Å². The Kier molecular flexibility index (Phi) is 5.08. The van der Waals surface area contributed by atoms with Crippen LogP contribution in [0.2, 0.25) is 0 Å². The van der Waals surface area contributed by atoms with Gasteiger partial charge in [-0.2, -0.15) is 0 Å². The van der Waals surface area contributed by atoms with Gasteiger partial charge in [0.2, 0.25) is 5.91 Å². The van der Waals surface area contributed by atoms with Crippen molar-refractivity contribution in [3.63, 3.8) is 0 Å². The van der Waals surface area contributed by atoms with E-state index in [4.69, 9.17) is 0 Å². The summed E-state index contributed by atoms with van der Waals surface area (Å²) in [6, 6.07) is 8.54. The Morgan fingerprint density at radius 2 is 2.17 bits per heavy atom. The monoisotopic (exact) mass is 312 g/mol. The molecule has 1 amide bonds. The fourth-order valence-electron chi connectivity index (χ4n) is 3.18. The number of benzene rings is 1. The number of rotatable bonds is 5. The smallest absolute Gasteiger partial charge is 0.224 e. The van der Waals surface area contributed by atoms with Crippen LogP contribution in [0.15, 0.2) is 43.0 Å². The van der Waals surface area contributed by atoms with Gasteiger partial charge in [0.1, 0.15) is 0 Å². The molecule has 1 aliphatic rings. The van der Waals surface area contributed by atoms with Gasteiger partial charge in [0.05, 0.1) is 12.2 Å². The summed E-state index contributed by atoms with van der Waals surface area (Å²) in [6.45, 7) is 5.51. The molecule has 0 unspecified atom stereocenters. The van der Waals surface area contributed by atoms with E-state index in [0.717, 1.165) is 38.2 Å². The Bertz CT molecular complexity index is 621. The molecule has 0 spiro atoms. The lowest BCUT2D eigenvalue weighted by molar-refractivity contribution is -0.126. The molecule has 1 N–H and O–H groups in total. The number of piperidine rings is 1. The van der Waals surface area contributed by atoms with E-state index in [1.54, 1.807) is 12.5 Å². The minimum Gasteiger partial charge on any atom is -0.356 e. The molecule has 1 aromatic carbocycles. The predicted molar refractivity (Wildman–Crippen MR) is 90.2 cm³/mol. The molecule has 2 heterocycles. The molecule has 122 valence electrons. The molecule has 1 atom stereocenters. The van der Waals surface area contributed by atoms with Crippen LogP contribution in [0.1, 0.15) is 25.3 Å². The highest BCUT2D eigenvalue weighted by atomic mass is 16.1. The van der Waals surface area contributed by atoms with Gasteiger partial charge in [-0.05, 0) is 44.0 Å². The van der Waals surface area contributed by atoms with E-state index in [0.29, 0.717) is 6.54 Å². The summed E-state index contributed by atoms with van der Waals surface area (Å²) in [5, 5.41) is 2.95. The van der Waals surface area contributed by atoms with Gasteiger partial charge < -0.3 is 9.88 Å². The number of hydrogen-bond acceptors (Lipinski definition) is 3. The van der Waals surface area contributed by atoms with Crippen molar-refractivity contribution in [1.29, 1.82) is 0 Å². The predicted octanol–water partition coefficient (Wildman–Crippen LogP) is 2.22. The van der Waals surface area contributed by atoms with Crippen molar-refractivity contribution < 1.29 is 4.79 Å². The maximum absolute atomic E-state index is 12.0. The van der Waals surface area contributed by atoms with Crippen molar-refractivity contribution in [3.8, 4) is 5.69 Å². The summed E-state index contributed by atoms with van der Waals surface area (Å²) < 4.78 is 2.00. The Balaban J connectivity index is 1.59. The zero-order chi connectivity index (χ0) is 16.1. The molecular formula is C18H24N4O. The number of likely N-dealkylation sites (tertiary alicyclic amines) is 1. The van der Waals surface area contributed by atoms with Crippen molar-refractivity contribution in [2.24, 2.45) is 5.92 Å². The van der Waals surface area contributed by atoms with E-state index in [1.165, 1.54) is 5.56 Å². The van der Waals surface area contributed by atoms with Gasteiger partial charge in [-0.15, -0.1) is 0 Å². The standard InChI is InChI=1S/C18H24N4O/c1-2-20-18(23)16-4-3-10-21(13-16)12-15-5-7-17(8-6-15)22-11-9-19-14-22/h5-9,11,14,16H,2-4,10,12-13H2,1H3,(H,20,23)/t16-/m1/s1. The number of carbonyl (C=O) groups is 1. The first-order chi connectivity index (χ1) is 11.3. The molecule has 0 aliphatic carbocycles. The zero-order valence-corrected chi connectivity index (χ0v) is 13.6. The van der Waals surface area contributed by atoms with Crippen molar-refractivity contribution in [2.75, 3.05) is 19.6 Å². The normalized spacial score (nSPS) is 18.7. The molecule has 3 rings (SSSR count). The molecule has 0 radical (unpaired) electrons. The summed E-state index contributed by atoms with van der Waals surface area (Å²) in [6.07, 6.45) is 7.62. The van der Waals surface area contributed by atoms with E-state index in [2.05, 4.69) is 39.5 Å². The van der Waals surface area contributed by atoms with Crippen molar-refractivity contribution in [3.05, 3.63) is 48.5 Å². The molecule has 1 aliphatic heterocycles. The first-order valence-corrected chi connectivity index (χ1v) is 8.33. The van der Waals surface area contributed by atoms with Crippen LogP contribution in [0.5, 0.6) is 0 Å². The number of aromatic nitrogens is 2. The van der Waals surface area contributed by atoms with Gasteiger partial charge in [-0.1, -0.05) is 12.1 Å². The SMILES string of the molecule is CCNC(=O)[C@@H]1CCCN(Cc2ccc(-n3ccnc3)cc2)C1. The number of amides is 1. The molecule has 23 heavy (non-hydrogen) atoms. The van der Waals surface area contributed by atoms with E-state index >= 15 is 0 Å². The third kappa shape index (κ3) is 3.99. The fraction of sp³-hybridized carbons (Fsp3) is 0.444. The lowest BCUT2D eigenvalue weighted by Gasteiger charge is -2.32. The fourth-order valence-corrected chi connectivity index (χ4v) is 3.18. The summed E-state index contributed by atoms with van der Waals surface area (Å²) in [4.78, 5) is 18.5. The van der Waals surface area contributed by atoms with Crippen LogP contribution in [0, 0.1) is 5.92 Å². The number of hydrogen-bond donors (Lipinski definition) is 1. The van der Waals surface area contributed by atoms with E-state index in [-0.39, 0.29) is 11.8 Å². The molecule has 5 heteroatoms. The van der Waals surface area contributed by atoms with E-state index in [1.807, 2.05) is 17.7 Å². The number of carbonyl (C=O) groups excluding carboxylic acids is 1. The van der Waals surface area contributed by atoms with E-state index < -0.39 is 0 Å². The van der Waals surface area contributed by atoms with E-state index in [9.17, 15) is 4.79 Å². The van der Waals surface area contributed by atoms with Gasteiger partial charge in [-0.25, -0.2) is 4.98 Å². The van der Waals surface area contributed by atoms with Crippen LogP contribution < -0.4 is 5.32 Å². The van der Waals surface area contributed by atoms with Gasteiger partial charge in [0, 0.05) is 37.7 Å². The summed E-state index contributed by atoms with van der Waals surface area (Å²) in [7, 11) is 0. The molecule has 0 bridgehead atoms. The Morgan fingerprint density at radius 3 is 2.87 bits per heavy atom. The molecule has 2 aromatic rings. The highest BCUT2D eigenvalue weighted by Gasteiger charge is 2.25. The highest BCUT2D eigenvalue weighted by molar-refractivity contribution is 5.78. The van der Waals surface area contributed by atoms with Crippen molar-refractivity contribution >= 4 is 5.91 Å². The minimum absolute atomic E-state index is 0.133.